The van der Waals surface area contributed by atoms with E-state index in [0.29, 0.717) is 6.61 Å². The van der Waals surface area contributed by atoms with Crippen LogP contribution in [0, 0.1) is 5.41 Å². The summed E-state index contributed by atoms with van der Waals surface area (Å²) in [7, 11) is 0. The number of pyridine rings is 1. The van der Waals surface area contributed by atoms with Crippen LogP contribution >= 0.6 is 0 Å². The molecular weight excluding hydrogens is 188 g/mol. The van der Waals surface area contributed by atoms with Crippen molar-refractivity contribution in [2.45, 2.75) is 33.2 Å². The van der Waals surface area contributed by atoms with Crippen LogP contribution in [0.3, 0.4) is 0 Å². The van der Waals surface area contributed by atoms with Gasteiger partial charge in [0.1, 0.15) is 12.4 Å². The topological polar surface area (TPSA) is 48.1 Å². The first-order chi connectivity index (χ1) is 6.97. The molecule has 0 spiro atoms. The lowest BCUT2D eigenvalue weighted by atomic mass is 9.89. The van der Waals surface area contributed by atoms with Gasteiger partial charge in [-0.15, -0.1) is 0 Å². The lowest BCUT2D eigenvalue weighted by molar-refractivity contribution is 0.240. The maximum absolute atomic E-state index is 5.96. The van der Waals surface area contributed by atoms with Gasteiger partial charge in [0.25, 0.3) is 0 Å². The molecule has 0 aliphatic carbocycles. The summed E-state index contributed by atoms with van der Waals surface area (Å²) in [4.78, 5) is 3.97. The smallest absolute Gasteiger partial charge is 0.137 e. The first kappa shape index (κ1) is 12.0. The molecule has 3 heteroatoms. The number of nitrogens with two attached hydrogens (primary N) is 1. The number of ether oxygens (including phenoxy) is 1. The Balaban J connectivity index is 2.32. The van der Waals surface area contributed by atoms with Crippen LogP contribution in [-0.2, 0) is 0 Å². The molecule has 1 aromatic heterocycles. The van der Waals surface area contributed by atoms with Crippen LogP contribution in [0.25, 0.3) is 0 Å². The van der Waals surface area contributed by atoms with Gasteiger partial charge in [-0.2, -0.15) is 0 Å². The van der Waals surface area contributed by atoms with Crippen LogP contribution in [0.4, 0.5) is 0 Å². The normalized spacial score (nSPS) is 13.6. The lowest BCUT2D eigenvalue weighted by Crippen LogP contribution is -2.32. The van der Waals surface area contributed by atoms with Crippen LogP contribution in [0.1, 0.15) is 27.2 Å². The highest BCUT2D eigenvalue weighted by Gasteiger charge is 2.15. The molecule has 1 rings (SSSR count). The molecule has 0 amide bonds. The quantitative estimate of drug-likeness (QED) is 0.825. The Hall–Kier alpha value is -1.09. The Morgan fingerprint density at radius 1 is 1.47 bits per heavy atom. The van der Waals surface area contributed by atoms with Crippen LogP contribution in [-0.4, -0.2) is 17.6 Å². The zero-order valence-electron chi connectivity index (χ0n) is 9.73. The molecule has 0 saturated heterocycles. The Labute approximate surface area is 91.7 Å². The van der Waals surface area contributed by atoms with Crippen molar-refractivity contribution < 1.29 is 4.74 Å². The number of hydrogen-bond acceptors (Lipinski definition) is 3. The summed E-state index contributed by atoms with van der Waals surface area (Å²) in [6.07, 6.45) is 4.37. The van der Waals surface area contributed by atoms with Gasteiger partial charge in [-0.05, 0) is 24.0 Å². The highest BCUT2D eigenvalue weighted by Crippen LogP contribution is 2.20. The van der Waals surface area contributed by atoms with Crippen LogP contribution in [0.2, 0.25) is 0 Å². The monoisotopic (exact) mass is 208 g/mol. The standard InChI is InChI=1S/C12H20N2O/c1-12(2,3)7-10(13)9-15-11-5-4-6-14-8-11/h4-6,8,10H,7,9,13H2,1-3H3. The molecule has 1 atom stereocenters. The van der Waals surface area contributed by atoms with E-state index in [0.717, 1.165) is 12.2 Å². The molecule has 15 heavy (non-hydrogen) atoms. The Bertz CT molecular complexity index is 279. The van der Waals surface area contributed by atoms with Gasteiger partial charge in [0.2, 0.25) is 0 Å². The Kier molecular flexibility index (Phi) is 4.09. The Morgan fingerprint density at radius 2 is 2.20 bits per heavy atom. The van der Waals surface area contributed by atoms with Crippen LogP contribution in [0.5, 0.6) is 5.75 Å². The Morgan fingerprint density at radius 3 is 2.73 bits per heavy atom. The number of rotatable bonds is 4. The summed E-state index contributed by atoms with van der Waals surface area (Å²) in [5.74, 6) is 0.779. The minimum atomic E-state index is 0.0743. The van der Waals surface area contributed by atoms with E-state index in [1.165, 1.54) is 0 Å². The van der Waals surface area contributed by atoms with Crippen molar-refractivity contribution in [3.63, 3.8) is 0 Å². The molecule has 1 aromatic rings. The first-order valence-corrected chi connectivity index (χ1v) is 5.26. The van der Waals surface area contributed by atoms with Gasteiger partial charge in [-0.1, -0.05) is 20.8 Å². The molecule has 0 aliphatic heterocycles. The number of hydrogen-bond donors (Lipinski definition) is 1. The zero-order chi connectivity index (χ0) is 11.3. The van der Waals surface area contributed by atoms with Gasteiger partial charge in [-0.25, -0.2) is 0 Å². The van der Waals surface area contributed by atoms with E-state index in [-0.39, 0.29) is 11.5 Å². The van der Waals surface area contributed by atoms with E-state index in [1.807, 2.05) is 12.1 Å². The van der Waals surface area contributed by atoms with Crippen molar-refractivity contribution in [1.82, 2.24) is 4.98 Å². The van der Waals surface area contributed by atoms with Crippen molar-refractivity contribution in [1.29, 1.82) is 0 Å². The van der Waals surface area contributed by atoms with Gasteiger partial charge < -0.3 is 10.5 Å². The molecule has 0 radical (unpaired) electrons. The third-order valence-electron chi connectivity index (χ3n) is 1.97. The predicted octanol–water partition coefficient (Wildman–Crippen LogP) is 2.22. The van der Waals surface area contributed by atoms with Gasteiger partial charge in [-0.3, -0.25) is 4.98 Å². The third kappa shape index (κ3) is 5.37. The zero-order valence-corrected chi connectivity index (χ0v) is 9.73. The highest BCUT2D eigenvalue weighted by molar-refractivity contribution is 5.15. The molecule has 1 heterocycles. The second-order valence-corrected chi connectivity index (χ2v) is 5.02. The van der Waals surface area contributed by atoms with Gasteiger partial charge >= 0.3 is 0 Å². The number of nitrogens with zero attached hydrogens (tertiary/aromatic N) is 1. The van der Waals surface area contributed by atoms with Crippen molar-refractivity contribution in [3.05, 3.63) is 24.5 Å². The van der Waals surface area contributed by atoms with E-state index in [9.17, 15) is 0 Å². The minimum absolute atomic E-state index is 0.0743. The van der Waals surface area contributed by atoms with Crippen LogP contribution < -0.4 is 10.5 Å². The van der Waals surface area contributed by atoms with Gasteiger partial charge in [0.15, 0.2) is 0 Å². The number of aromatic nitrogens is 1. The molecule has 1 unspecified atom stereocenters. The molecule has 3 nitrogen and oxygen atoms in total. The molecule has 0 saturated carbocycles. The van der Waals surface area contributed by atoms with E-state index >= 15 is 0 Å². The maximum Gasteiger partial charge on any atom is 0.137 e. The van der Waals surface area contributed by atoms with E-state index in [4.69, 9.17) is 10.5 Å². The molecule has 84 valence electrons. The maximum atomic E-state index is 5.96. The average Bonchev–Trinajstić information content (AvgIpc) is 2.14. The first-order valence-electron chi connectivity index (χ1n) is 5.26. The predicted molar refractivity (Wildman–Crippen MR) is 61.8 cm³/mol. The summed E-state index contributed by atoms with van der Waals surface area (Å²) < 4.78 is 5.53. The second kappa shape index (κ2) is 5.12. The van der Waals surface area contributed by atoms with Gasteiger partial charge in [0, 0.05) is 12.2 Å². The molecule has 2 N–H and O–H groups in total. The summed E-state index contributed by atoms with van der Waals surface area (Å²) in [5.41, 5.74) is 6.21. The summed E-state index contributed by atoms with van der Waals surface area (Å²) >= 11 is 0. The van der Waals surface area contributed by atoms with Crippen molar-refractivity contribution in [2.24, 2.45) is 11.1 Å². The molecule has 0 fully saturated rings. The second-order valence-electron chi connectivity index (χ2n) is 5.02. The van der Waals surface area contributed by atoms with E-state index in [2.05, 4.69) is 25.8 Å². The van der Waals surface area contributed by atoms with Crippen LogP contribution in [0.15, 0.2) is 24.5 Å². The SMILES string of the molecule is CC(C)(C)CC(N)COc1cccnc1. The van der Waals surface area contributed by atoms with Crippen molar-refractivity contribution >= 4 is 0 Å². The highest BCUT2D eigenvalue weighted by atomic mass is 16.5. The fourth-order valence-electron chi connectivity index (χ4n) is 1.48. The molecular formula is C12H20N2O. The molecule has 0 bridgehead atoms. The average molecular weight is 208 g/mol. The minimum Gasteiger partial charge on any atom is -0.490 e. The fraction of sp³-hybridized carbons (Fsp3) is 0.583. The summed E-state index contributed by atoms with van der Waals surface area (Å²) in [6, 6.07) is 3.81. The molecule has 0 aliphatic rings. The van der Waals surface area contributed by atoms with Crippen molar-refractivity contribution in [3.8, 4) is 5.75 Å². The van der Waals surface area contributed by atoms with Gasteiger partial charge in [0.05, 0.1) is 6.20 Å². The lowest BCUT2D eigenvalue weighted by Gasteiger charge is -2.23. The van der Waals surface area contributed by atoms with E-state index < -0.39 is 0 Å². The third-order valence-corrected chi connectivity index (χ3v) is 1.97. The summed E-state index contributed by atoms with van der Waals surface area (Å²) in [5, 5.41) is 0. The fourth-order valence-corrected chi connectivity index (χ4v) is 1.48. The van der Waals surface area contributed by atoms with E-state index in [1.54, 1.807) is 12.4 Å². The largest absolute Gasteiger partial charge is 0.490 e. The molecule has 0 aromatic carbocycles. The summed E-state index contributed by atoms with van der Waals surface area (Å²) in [6.45, 7) is 7.08. The van der Waals surface area contributed by atoms with Crippen molar-refractivity contribution in [2.75, 3.05) is 6.61 Å².